The Morgan fingerprint density at radius 2 is 2.15 bits per heavy atom. The van der Waals surface area contributed by atoms with Crippen molar-refractivity contribution in [3.05, 3.63) is 65.9 Å². The van der Waals surface area contributed by atoms with Crippen LogP contribution in [0.4, 0.5) is 4.39 Å². The number of aromatic amines is 1. The maximum Gasteiger partial charge on any atom is 0.123 e. The molecule has 3 N–H and O–H groups in total. The number of nitrogens with one attached hydrogen (secondary N) is 1. The van der Waals surface area contributed by atoms with Gasteiger partial charge in [-0.3, -0.25) is 4.98 Å². The van der Waals surface area contributed by atoms with Crippen molar-refractivity contribution in [1.29, 1.82) is 0 Å². The molecule has 102 valence electrons. The third-order valence-electron chi connectivity index (χ3n) is 3.58. The standard InChI is InChI=1S/C16H16FN3/c17-12-4-5-16-14(8-12)15(10-20-16)11(9-18)7-13-3-1-2-6-19-13/h1-6,8,10-11,20H,7,9,18H2. The highest BCUT2D eigenvalue weighted by Gasteiger charge is 2.16. The van der Waals surface area contributed by atoms with E-state index >= 15 is 0 Å². The molecule has 3 nitrogen and oxygen atoms in total. The van der Waals surface area contributed by atoms with Crippen LogP contribution >= 0.6 is 0 Å². The molecular formula is C16H16FN3. The summed E-state index contributed by atoms with van der Waals surface area (Å²) in [6.45, 7) is 0.500. The molecule has 0 aliphatic heterocycles. The summed E-state index contributed by atoms with van der Waals surface area (Å²) in [6, 6.07) is 10.6. The zero-order valence-electron chi connectivity index (χ0n) is 11.0. The van der Waals surface area contributed by atoms with E-state index in [2.05, 4.69) is 9.97 Å². The van der Waals surface area contributed by atoms with Gasteiger partial charge in [0.2, 0.25) is 0 Å². The first kappa shape index (κ1) is 12.8. The molecule has 1 aromatic carbocycles. The maximum atomic E-state index is 13.4. The number of nitrogens with two attached hydrogens (primary N) is 1. The largest absolute Gasteiger partial charge is 0.361 e. The molecule has 3 aromatic rings. The SMILES string of the molecule is NCC(Cc1ccccn1)c1c[nH]c2ccc(F)cc12. The molecule has 0 saturated carbocycles. The molecule has 0 saturated heterocycles. The lowest BCUT2D eigenvalue weighted by molar-refractivity contribution is 0.629. The summed E-state index contributed by atoms with van der Waals surface area (Å²) in [5.74, 6) is -0.104. The fourth-order valence-corrected chi connectivity index (χ4v) is 2.54. The number of halogens is 1. The van der Waals surface area contributed by atoms with Gasteiger partial charge < -0.3 is 10.7 Å². The summed E-state index contributed by atoms with van der Waals surface area (Å²) in [6.07, 6.45) is 4.45. The first-order chi connectivity index (χ1) is 9.78. The lowest BCUT2D eigenvalue weighted by Gasteiger charge is -2.13. The van der Waals surface area contributed by atoms with Crippen LogP contribution in [0.3, 0.4) is 0 Å². The number of fused-ring (bicyclic) bond motifs is 1. The fourth-order valence-electron chi connectivity index (χ4n) is 2.54. The quantitative estimate of drug-likeness (QED) is 0.765. The number of rotatable bonds is 4. The number of H-pyrrole nitrogens is 1. The van der Waals surface area contributed by atoms with Gasteiger partial charge in [-0.05, 0) is 48.9 Å². The molecule has 0 aliphatic carbocycles. The molecule has 0 fully saturated rings. The van der Waals surface area contributed by atoms with E-state index in [1.165, 1.54) is 6.07 Å². The number of nitrogens with zero attached hydrogens (tertiary/aromatic N) is 1. The monoisotopic (exact) mass is 269 g/mol. The Bertz CT molecular complexity index is 706. The predicted octanol–water partition coefficient (Wildman–Crippen LogP) is 2.99. The van der Waals surface area contributed by atoms with Gasteiger partial charge in [0, 0.05) is 34.9 Å². The minimum atomic E-state index is -0.230. The number of aromatic nitrogens is 2. The second kappa shape index (κ2) is 5.43. The zero-order chi connectivity index (χ0) is 13.9. The van der Waals surface area contributed by atoms with Gasteiger partial charge in [0.05, 0.1) is 0 Å². The Morgan fingerprint density at radius 1 is 1.25 bits per heavy atom. The molecule has 0 bridgehead atoms. The Balaban J connectivity index is 1.97. The molecule has 0 amide bonds. The lowest BCUT2D eigenvalue weighted by Crippen LogP contribution is -2.15. The molecule has 20 heavy (non-hydrogen) atoms. The third kappa shape index (κ3) is 2.42. The van der Waals surface area contributed by atoms with Gasteiger partial charge in [-0.15, -0.1) is 0 Å². The van der Waals surface area contributed by atoms with Crippen LogP contribution in [-0.2, 0) is 6.42 Å². The second-order valence-corrected chi connectivity index (χ2v) is 4.89. The van der Waals surface area contributed by atoms with Crippen LogP contribution < -0.4 is 5.73 Å². The minimum Gasteiger partial charge on any atom is -0.361 e. The molecule has 0 aliphatic rings. The third-order valence-corrected chi connectivity index (χ3v) is 3.58. The van der Waals surface area contributed by atoms with Crippen LogP contribution in [-0.4, -0.2) is 16.5 Å². The van der Waals surface area contributed by atoms with Crippen molar-refractivity contribution in [2.45, 2.75) is 12.3 Å². The topological polar surface area (TPSA) is 54.7 Å². The molecule has 1 unspecified atom stereocenters. The van der Waals surface area contributed by atoms with Gasteiger partial charge >= 0.3 is 0 Å². The van der Waals surface area contributed by atoms with Crippen molar-refractivity contribution in [3.8, 4) is 0 Å². The van der Waals surface area contributed by atoms with Gasteiger partial charge in [-0.1, -0.05) is 6.07 Å². The summed E-state index contributed by atoms with van der Waals surface area (Å²) in [5, 5.41) is 0.899. The van der Waals surface area contributed by atoms with Gasteiger partial charge in [-0.25, -0.2) is 4.39 Å². The van der Waals surface area contributed by atoms with Crippen LogP contribution in [0.1, 0.15) is 17.2 Å². The van der Waals surface area contributed by atoms with E-state index in [-0.39, 0.29) is 11.7 Å². The molecule has 0 spiro atoms. The molecule has 2 heterocycles. The Kier molecular flexibility index (Phi) is 3.48. The number of pyridine rings is 1. The Hall–Kier alpha value is -2.20. The average Bonchev–Trinajstić information content (AvgIpc) is 2.89. The molecule has 1 atom stereocenters. The van der Waals surface area contributed by atoms with E-state index in [9.17, 15) is 4.39 Å². The van der Waals surface area contributed by atoms with Crippen LogP contribution in [0.15, 0.2) is 48.8 Å². The summed E-state index contributed by atoms with van der Waals surface area (Å²) in [4.78, 5) is 7.51. The van der Waals surface area contributed by atoms with Crippen LogP contribution in [0.2, 0.25) is 0 Å². The van der Waals surface area contributed by atoms with Crippen LogP contribution in [0.5, 0.6) is 0 Å². The molecule has 3 rings (SSSR count). The zero-order valence-corrected chi connectivity index (χ0v) is 11.0. The summed E-state index contributed by atoms with van der Waals surface area (Å²) in [5.41, 5.74) is 8.88. The highest BCUT2D eigenvalue weighted by Crippen LogP contribution is 2.27. The molecule has 2 aromatic heterocycles. The highest BCUT2D eigenvalue weighted by atomic mass is 19.1. The molecular weight excluding hydrogens is 253 g/mol. The minimum absolute atomic E-state index is 0.125. The summed E-state index contributed by atoms with van der Waals surface area (Å²) >= 11 is 0. The predicted molar refractivity (Wildman–Crippen MR) is 78.0 cm³/mol. The molecule has 4 heteroatoms. The van der Waals surface area contributed by atoms with E-state index in [1.54, 1.807) is 18.3 Å². The highest BCUT2D eigenvalue weighted by molar-refractivity contribution is 5.83. The number of benzene rings is 1. The number of hydrogen-bond donors (Lipinski definition) is 2. The van der Waals surface area contributed by atoms with E-state index in [4.69, 9.17) is 5.73 Å². The van der Waals surface area contributed by atoms with Crippen molar-refractivity contribution in [1.82, 2.24) is 9.97 Å². The van der Waals surface area contributed by atoms with Crippen LogP contribution in [0.25, 0.3) is 10.9 Å². The maximum absolute atomic E-state index is 13.4. The fraction of sp³-hybridized carbons (Fsp3) is 0.188. The van der Waals surface area contributed by atoms with Crippen molar-refractivity contribution in [3.63, 3.8) is 0 Å². The van der Waals surface area contributed by atoms with Gasteiger partial charge in [0.1, 0.15) is 5.82 Å². The van der Waals surface area contributed by atoms with E-state index in [0.29, 0.717) is 6.54 Å². The first-order valence-corrected chi connectivity index (χ1v) is 6.64. The van der Waals surface area contributed by atoms with E-state index < -0.39 is 0 Å². The van der Waals surface area contributed by atoms with Crippen LogP contribution in [0, 0.1) is 5.82 Å². The summed E-state index contributed by atoms with van der Waals surface area (Å²) in [7, 11) is 0. The van der Waals surface area contributed by atoms with E-state index in [1.807, 2.05) is 24.4 Å². The second-order valence-electron chi connectivity index (χ2n) is 4.89. The Morgan fingerprint density at radius 3 is 2.90 bits per heavy atom. The van der Waals surface area contributed by atoms with Gasteiger partial charge in [0.25, 0.3) is 0 Å². The smallest absolute Gasteiger partial charge is 0.123 e. The average molecular weight is 269 g/mol. The van der Waals surface area contributed by atoms with Gasteiger partial charge in [0.15, 0.2) is 0 Å². The lowest BCUT2D eigenvalue weighted by atomic mass is 9.93. The summed E-state index contributed by atoms with van der Waals surface area (Å²) < 4.78 is 13.4. The van der Waals surface area contributed by atoms with E-state index in [0.717, 1.165) is 28.6 Å². The number of hydrogen-bond acceptors (Lipinski definition) is 2. The van der Waals surface area contributed by atoms with Crippen molar-refractivity contribution >= 4 is 10.9 Å². The normalized spacial score (nSPS) is 12.7. The first-order valence-electron chi connectivity index (χ1n) is 6.64. The van der Waals surface area contributed by atoms with Gasteiger partial charge in [-0.2, -0.15) is 0 Å². The van der Waals surface area contributed by atoms with Crippen molar-refractivity contribution in [2.24, 2.45) is 5.73 Å². The Labute approximate surface area is 116 Å². The van der Waals surface area contributed by atoms with Crippen molar-refractivity contribution < 1.29 is 4.39 Å². The van der Waals surface area contributed by atoms with Crippen molar-refractivity contribution in [2.75, 3.05) is 6.54 Å². The molecule has 0 radical (unpaired) electrons.